The molecule has 22 heavy (non-hydrogen) atoms. The number of pyridine rings is 1. The highest BCUT2D eigenvalue weighted by Crippen LogP contribution is 2.12. The van der Waals surface area contributed by atoms with E-state index in [0.29, 0.717) is 24.1 Å². The Bertz CT molecular complexity index is 614. The predicted octanol–water partition coefficient (Wildman–Crippen LogP) is 2.24. The maximum absolute atomic E-state index is 12.0. The molecule has 1 atom stereocenters. The van der Waals surface area contributed by atoms with Crippen LogP contribution in [0.1, 0.15) is 17.2 Å². The van der Waals surface area contributed by atoms with Crippen LogP contribution in [0.3, 0.4) is 0 Å². The summed E-state index contributed by atoms with van der Waals surface area (Å²) in [4.78, 5) is 16.0. The molecular formula is C16H18ClN3O2. The van der Waals surface area contributed by atoms with Crippen LogP contribution in [-0.4, -0.2) is 24.0 Å². The number of ether oxygens (including phenoxy) is 1. The number of halogens is 1. The molecule has 3 N–H and O–H groups in total. The van der Waals surface area contributed by atoms with Gasteiger partial charge in [-0.1, -0.05) is 41.4 Å². The second-order valence-electron chi connectivity index (χ2n) is 4.84. The van der Waals surface area contributed by atoms with Crippen molar-refractivity contribution in [2.45, 2.75) is 13.0 Å². The van der Waals surface area contributed by atoms with E-state index in [-0.39, 0.29) is 5.91 Å². The van der Waals surface area contributed by atoms with Crippen molar-refractivity contribution >= 4 is 17.5 Å². The highest BCUT2D eigenvalue weighted by Gasteiger charge is 2.14. The zero-order valence-electron chi connectivity index (χ0n) is 12.3. The van der Waals surface area contributed by atoms with Gasteiger partial charge in [0, 0.05) is 12.3 Å². The third-order valence-electron chi connectivity index (χ3n) is 3.07. The van der Waals surface area contributed by atoms with Crippen LogP contribution in [0.5, 0.6) is 5.88 Å². The van der Waals surface area contributed by atoms with Gasteiger partial charge in [0.2, 0.25) is 11.8 Å². The highest BCUT2D eigenvalue weighted by molar-refractivity contribution is 6.30. The summed E-state index contributed by atoms with van der Waals surface area (Å²) in [5.41, 5.74) is 7.82. The fourth-order valence-electron chi connectivity index (χ4n) is 1.81. The molecule has 116 valence electrons. The molecule has 1 aromatic carbocycles. The van der Waals surface area contributed by atoms with Gasteiger partial charge >= 0.3 is 0 Å². The first-order chi connectivity index (χ1) is 10.6. The van der Waals surface area contributed by atoms with E-state index in [1.807, 2.05) is 31.2 Å². The Morgan fingerprint density at radius 1 is 1.32 bits per heavy atom. The fourth-order valence-corrected chi connectivity index (χ4v) is 1.92. The lowest BCUT2D eigenvalue weighted by atomic mass is 10.1. The normalized spacial score (nSPS) is 11.8. The molecule has 5 nitrogen and oxygen atoms in total. The van der Waals surface area contributed by atoms with Gasteiger partial charge in [-0.15, -0.1) is 0 Å². The summed E-state index contributed by atoms with van der Waals surface area (Å²) >= 11 is 5.73. The molecule has 0 aliphatic heterocycles. The van der Waals surface area contributed by atoms with Gasteiger partial charge in [-0.2, -0.15) is 0 Å². The summed E-state index contributed by atoms with van der Waals surface area (Å²) in [6.07, 6.45) is 1.50. The van der Waals surface area contributed by atoms with Crippen LogP contribution in [0.4, 0.5) is 0 Å². The Labute approximate surface area is 134 Å². The number of nitrogens with two attached hydrogens (primary N) is 1. The molecule has 0 radical (unpaired) electrons. The Balaban J connectivity index is 1.75. The largest absolute Gasteiger partial charge is 0.476 e. The van der Waals surface area contributed by atoms with E-state index >= 15 is 0 Å². The summed E-state index contributed by atoms with van der Waals surface area (Å²) in [5.74, 6) is 0.220. The highest BCUT2D eigenvalue weighted by atomic mass is 35.5. The van der Waals surface area contributed by atoms with Crippen molar-refractivity contribution in [3.63, 3.8) is 0 Å². The van der Waals surface area contributed by atoms with Crippen molar-refractivity contribution in [1.29, 1.82) is 0 Å². The molecule has 0 spiro atoms. The number of amides is 1. The SMILES string of the molecule is Cc1ccc(C(N)C(=O)NCCOc2ccc(Cl)cn2)cc1. The van der Waals surface area contributed by atoms with E-state index in [0.717, 1.165) is 11.1 Å². The molecule has 0 saturated heterocycles. The van der Waals surface area contributed by atoms with Crippen molar-refractivity contribution in [1.82, 2.24) is 10.3 Å². The van der Waals surface area contributed by atoms with E-state index in [2.05, 4.69) is 10.3 Å². The second-order valence-corrected chi connectivity index (χ2v) is 5.28. The first-order valence-corrected chi connectivity index (χ1v) is 7.28. The maximum atomic E-state index is 12.0. The third kappa shape index (κ3) is 4.72. The molecule has 6 heteroatoms. The number of nitrogens with one attached hydrogen (secondary N) is 1. The lowest BCUT2D eigenvalue weighted by molar-refractivity contribution is -0.122. The summed E-state index contributed by atoms with van der Waals surface area (Å²) in [7, 11) is 0. The maximum Gasteiger partial charge on any atom is 0.241 e. The van der Waals surface area contributed by atoms with Crippen LogP contribution >= 0.6 is 11.6 Å². The lowest BCUT2D eigenvalue weighted by Crippen LogP contribution is -2.36. The van der Waals surface area contributed by atoms with E-state index in [1.54, 1.807) is 12.1 Å². The number of carbonyl (C=O) groups is 1. The molecule has 0 saturated carbocycles. The van der Waals surface area contributed by atoms with E-state index in [4.69, 9.17) is 22.1 Å². The van der Waals surface area contributed by atoms with Crippen molar-refractivity contribution in [2.75, 3.05) is 13.2 Å². The molecule has 1 unspecified atom stereocenters. The standard InChI is InChI=1S/C16H18ClN3O2/c1-11-2-4-12(5-3-11)15(18)16(21)19-8-9-22-14-7-6-13(17)10-20-14/h2-7,10,15H,8-9,18H2,1H3,(H,19,21). The molecule has 0 aliphatic rings. The monoisotopic (exact) mass is 319 g/mol. The minimum absolute atomic E-state index is 0.239. The van der Waals surface area contributed by atoms with Gasteiger partial charge < -0.3 is 15.8 Å². The second kappa shape index (κ2) is 7.77. The summed E-state index contributed by atoms with van der Waals surface area (Å²) in [6, 6.07) is 10.2. The minimum atomic E-state index is -0.686. The van der Waals surface area contributed by atoms with Gasteiger partial charge in [-0.05, 0) is 18.6 Å². The molecule has 0 aliphatic carbocycles. The zero-order chi connectivity index (χ0) is 15.9. The molecular weight excluding hydrogens is 302 g/mol. The van der Waals surface area contributed by atoms with Crippen LogP contribution in [0.25, 0.3) is 0 Å². The number of nitrogens with zero attached hydrogens (tertiary/aromatic N) is 1. The van der Waals surface area contributed by atoms with Gasteiger partial charge in [0.15, 0.2) is 0 Å². The van der Waals surface area contributed by atoms with Gasteiger partial charge in [-0.25, -0.2) is 4.98 Å². The number of hydrogen-bond acceptors (Lipinski definition) is 4. The summed E-state index contributed by atoms with van der Waals surface area (Å²) in [6.45, 7) is 2.64. The molecule has 2 rings (SSSR count). The molecule has 1 aromatic heterocycles. The van der Waals surface area contributed by atoms with Crippen LogP contribution in [0, 0.1) is 6.92 Å². The predicted molar refractivity (Wildman–Crippen MR) is 85.9 cm³/mol. The fraction of sp³-hybridized carbons (Fsp3) is 0.250. The van der Waals surface area contributed by atoms with Gasteiger partial charge in [0.25, 0.3) is 0 Å². The summed E-state index contributed by atoms with van der Waals surface area (Å²) in [5, 5.41) is 3.28. The van der Waals surface area contributed by atoms with Crippen LogP contribution < -0.4 is 15.8 Å². The smallest absolute Gasteiger partial charge is 0.241 e. The number of aryl methyl sites for hydroxylation is 1. The van der Waals surface area contributed by atoms with Crippen molar-refractivity contribution in [3.8, 4) is 5.88 Å². The Hall–Kier alpha value is -2.11. The number of aromatic nitrogens is 1. The molecule has 1 amide bonds. The lowest BCUT2D eigenvalue weighted by Gasteiger charge is -2.13. The zero-order valence-corrected chi connectivity index (χ0v) is 13.0. The third-order valence-corrected chi connectivity index (χ3v) is 3.29. The van der Waals surface area contributed by atoms with Gasteiger partial charge in [-0.3, -0.25) is 4.79 Å². The summed E-state index contributed by atoms with van der Waals surface area (Å²) < 4.78 is 5.39. The number of benzene rings is 1. The first kappa shape index (κ1) is 16.3. The first-order valence-electron chi connectivity index (χ1n) is 6.90. The Morgan fingerprint density at radius 3 is 2.68 bits per heavy atom. The molecule has 0 fully saturated rings. The van der Waals surface area contributed by atoms with E-state index < -0.39 is 6.04 Å². The van der Waals surface area contributed by atoms with Crippen LogP contribution in [-0.2, 0) is 4.79 Å². The molecule has 0 bridgehead atoms. The quantitative estimate of drug-likeness (QED) is 0.800. The molecule has 2 aromatic rings. The Morgan fingerprint density at radius 2 is 2.05 bits per heavy atom. The Kier molecular flexibility index (Phi) is 5.75. The molecule has 1 heterocycles. The topological polar surface area (TPSA) is 77.2 Å². The number of rotatable bonds is 6. The van der Waals surface area contributed by atoms with Crippen LogP contribution in [0.15, 0.2) is 42.6 Å². The van der Waals surface area contributed by atoms with E-state index in [9.17, 15) is 4.79 Å². The number of hydrogen-bond donors (Lipinski definition) is 2. The van der Waals surface area contributed by atoms with Crippen molar-refractivity contribution in [3.05, 3.63) is 58.7 Å². The van der Waals surface area contributed by atoms with Crippen LogP contribution in [0.2, 0.25) is 5.02 Å². The minimum Gasteiger partial charge on any atom is -0.476 e. The number of carbonyl (C=O) groups excluding carboxylic acids is 1. The average molecular weight is 320 g/mol. The van der Waals surface area contributed by atoms with Gasteiger partial charge in [0.1, 0.15) is 12.6 Å². The van der Waals surface area contributed by atoms with Gasteiger partial charge in [0.05, 0.1) is 11.6 Å². The van der Waals surface area contributed by atoms with Crippen molar-refractivity contribution in [2.24, 2.45) is 5.73 Å². The van der Waals surface area contributed by atoms with Crippen molar-refractivity contribution < 1.29 is 9.53 Å². The average Bonchev–Trinajstić information content (AvgIpc) is 2.53. The van der Waals surface area contributed by atoms with E-state index in [1.165, 1.54) is 6.20 Å².